The van der Waals surface area contributed by atoms with Gasteiger partial charge in [0.1, 0.15) is 5.60 Å². The van der Waals surface area contributed by atoms with E-state index in [2.05, 4.69) is 10.2 Å². The Balaban J connectivity index is 1.48. The lowest BCUT2D eigenvalue weighted by molar-refractivity contribution is 0.0229. The predicted octanol–water partition coefficient (Wildman–Crippen LogP) is 1.81. The summed E-state index contributed by atoms with van der Waals surface area (Å²) in [6.07, 6.45) is 3.92. The zero-order chi connectivity index (χ0) is 21.2. The van der Waals surface area contributed by atoms with E-state index in [1.54, 1.807) is 11.9 Å². The van der Waals surface area contributed by atoms with Crippen molar-refractivity contribution in [2.75, 3.05) is 53.4 Å². The molecule has 0 unspecified atom stereocenters. The molecule has 0 aromatic carbocycles. The number of likely N-dealkylation sites (tertiary alicyclic amines) is 2. The van der Waals surface area contributed by atoms with Gasteiger partial charge in [0.05, 0.1) is 6.04 Å². The molecule has 8 heteroatoms. The van der Waals surface area contributed by atoms with Crippen molar-refractivity contribution in [2.45, 2.75) is 70.2 Å². The number of nitrogens with zero attached hydrogens (tertiary/aromatic N) is 4. The molecule has 3 rings (SSSR count). The van der Waals surface area contributed by atoms with Crippen LogP contribution >= 0.6 is 0 Å². The van der Waals surface area contributed by atoms with Crippen LogP contribution in [0, 0.1) is 0 Å². The third kappa shape index (κ3) is 5.54. The number of hydrogen-bond donors (Lipinski definition) is 1. The normalized spacial score (nSPS) is 26.6. The summed E-state index contributed by atoms with van der Waals surface area (Å²) in [5.41, 5.74) is -0.511. The average molecular weight is 410 g/mol. The highest BCUT2D eigenvalue weighted by molar-refractivity contribution is 5.75. The Hall–Kier alpha value is -1.54. The van der Waals surface area contributed by atoms with E-state index in [4.69, 9.17) is 4.74 Å². The van der Waals surface area contributed by atoms with Crippen molar-refractivity contribution in [3.05, 3.63) is 0 Å². The number of urea groups is 1. The second-order valence-electron chi connectivity index (χ2n) is 9.79. The number of carbonyl (C=O) groups excluding carboxylic acids is 2. The largest absolute Gasteiger partial charge is 0.444 e. The number of rotatable bonds is 3. The molecule has 0 bridgehead atoms. The van der Waals surface area contributed by atoms with E-state index in [1.807, 2.05) is 37.6 Å². The summed E-state index contributed by atoms with van der Waals surface area (Å²) in [5, 5.41) is 3.43. The lowest BCUT2D eigenvalue weighted by Gasteiger charge is -2.33. The van der Waals surface area contributed by atoms with Crippen molar-refractivity contribution < 1.29 is 14.3 Å². The van der Waals surface area contributed by atoms with Gasteiger partial charge in [0, 0.05) is 52.4 Å². The van der Waals surface area contributed by atoms with Crippen LogP contribution in [0.2, 0.25) is 0 Å². The Morgan fingerprint density at radius 1 is 0.931 bits per heavy atom. The number of ether oxygens (including phenoxy) is 1. The highest BCUT2D eigenvalue weighted by Crippen LogP contribution is 2.24. The molecule has 3 aliphatic heterocycles. The smallest absolute Gasteiger partial charge is 0.410 e. The van der Waals surface area contributed by atoms with Gasteiger partial charge in [-0.15, -0.1) is 0 Å². The van der Waals surface area contributed by atoms with E-state index in [0.29, 0.717) is 19.1 Å². The van der Waals surface area contributed by atoms with Crippen molar-refractivity contribution >= 4 is 12.1 Å². The first-order chi connectivity index (χ1) is 13.7. The van der Waals surface area contributed by atoms with Crippen LogP contribution in [0.25, 0.3) is 0 Å². The third-order valence-corrected chi connectivity index (χ3v) is 6.53. The van der Waals surface area contributed by atoms with Crippen molar-refractivity contribution in [3.63, 3.8) is 0 Å². The summed E-state index contributed by atoms with van der Waals surface area (Å²) < 4.78 is 5.47. The van der Waals surface area contributed by atoms with Gasteiger partial charge in [-0.25, -0.2) is 9.59 Å². The van der Waals surface area contributed by atoms with E-state index >= 15 is 0 Å². The van der Waals surface area contributed by atoms with E-state index in [1.165, 1.54) is 12.8 Å². The maximum Gasteiger partial charge on any atom is 0.410 e. The highest BCUT2D eigenvalue weighted by Gasteiger charge is 2.37. The molecule has 2 atom stereocenters. The second kappa shape index (κ2) is 9.08. The molecule has 3 aliphatic rings. The molecule has 3 heterocycles. The van der Waals surface area contributed by atoms with Crippen LogP contribution in [0.4, 0.5) is 9.59 Å². The summed E-state index contributed by atoms with van der Waals surface area (Å²) in [5.74, 6) is 0. The van der Waals surface area contributed by atoms with Crippen molar-refractivity contribution in [1.82, 2.24) is 24.9 Å². The lowest BCUT2D eigenvalue weighted by atomic mass is 10.1. The first-order valence-corrected chi connectivity index (χ1v) is 11.1. The van der Waals surface area contributed by atoms with Crippen LogP contribution in [-0.2, 0) is 4.74 Å². The Morgan fingerprint density at radius 2 is 1.55 bits per heavy atom. The monoisotopic (exact) mass is 409 g/mol. The highest BCUT2D eigenvalue weighted by atomic mass is 16.6. The number of amides is 3. The topological polar surface area (TPSA) is 68.4 Å². The predicted molar refractivity (Wildman–Crippen MR) is 113 cm³/mol. The molecular weight excluding hydrogens is 370 g/mol. The van der Waals surface area contributed by atoms with Gasteiger partial charge >= 0.3 is 12.1 Å². The molecule has 1 N–H and O–H groups in total. The minimum absolute atomic E-state index is 0.0111. The van der Waals surface area contributed by atoms with Gasteiger partial charge in [-0.1, -0.05) is 0 Å². The molecule has 0 saturated carbocycles. The summed E-state index contributed by atoms with van der Waals surface area (Å²) in [7, 11) is 3.70. The Kier molecular flexibility index (Phi) is 6.94. The van der Waals surface area contributed by atoms with E-state index < -0.39 is 5.60 Å². The molecule has 3 saturated heterocycles. The minimum atomic E-state index is -0.511. The standard InChI is InChI=1S/C21H39N5O3/c1-21(2,3)29-20(28)24(5)18-9-13-26(15-18)19(27)23(4)17-8-12-25(14-17)16-6-10-22-11-7-16/h16-18,22H,6-15H2,1-5H3/t17-,18+/m1/s1. The van der Waals surface area contributed by atoms with Gasteiger partial charge in [0.15, 0.2) is 0 Å². The van der Waals surface area contributed by atoms with Crippen LogP contribution in [0.1, 0.15) is 46.5 Å². The van der Waals surface area contributed by atoms with Crippen LogP contribution in [0.5, 0.6) is 0 Å². The Bertz CT molecular complexity index is 587. The van der Waals surface area contributed by atoms with Crippen LogP contribution < -0.4 is 5.32 Å². The number of nitrogens with one attached hydrogen (secondary N) is 1. The lowest BCUT2D eigenvalue weighted by Crippen LogP contribution is -2.49. The first-order valence-electron chi connectivity index (χ1n) is 11.1. The second-order valence-corrected chi connectivity index (χ2v) is 9.79. The maximum atomic E-state index is 13.1. The Labute approximate surface area is 175 Å². The summed E-state index contributed by atoms with van der Waals surface area (Å²) in [6, 6.07) is 1.03. The summed E-state index contributed by atoms with van der Waals surface area (Å²) in [6.45, 7) is 11.1. The molecular formula is C21H39N5O3. The van der Waals surface area contributed by atoms with Crippen LogP contribution in [0.15, 0.2) is 0 Å². The molecule has 0 aromatic rings. The fourth-order valence-corrected chi connectivity index (χ4v) is 4.68. The number of hydrogen-bond acceptors (Lipinski definition) is 5. The van der Waals surface area contributed by atoms with E-state index in [9.17, 15) is 9.59 Å². The quantitative estimate of drug-likeness (QED) is 0.770. The molecule has 3 amide bonds. The average Bonchev–Trinajstić information content (AvgIpc) is 3.35. The van der Waals surface area contributed by atoms with Crippen molar-refractivity contribution in [1.29, 1.82) is 0 Å². The van der Waals surface area contributed by atoms with Crippen LogP contribution in [-0.4, -0.2) is 109 Å². The SMILES string of the molecule is CN(C(=O)OC(C)(C)C)[C@H]1CCN(C(=O)N(C)[C@@H]2CCN(C3CCNCC3)C2)C1. The fraction of sp³-hybridized carbons (Fsp3) is 0.905. The molecule has 3 fully saturated rings. The Morgan fingerprint density at radius 3 is 2.21 bits per heavy atom. The van der Waals surface area contributed by atoms with Gasteiger partial charge in [-0.05, 0) is 59.5 Å². The van der Waals surface area contributed by atoms with Gasteiger partial charge in [0.25, 0.3) is 0 Å². The molecule has 8 nitrogen and oxygen atoms in total. The van der Waals surface area contributed by atoms with Gasteiger partial charge < -0.3 is 24.8 Å². The molecule has 0 radical (unpaired) electrons. The van der Waals surface area contributed by atoms with Gasteiger partial charge in [-0.2, -0.15) is 0 Å². The first kappa shape index (κ1) is 22.2. The number of piperidine rings is 1. The number of carbonyl (C=O) groups is 2. The van der Waals surface area contributed by atoms with Crippen molar-refractivity contribution in [3.8, 4) is 0 Å². The summed E-state index contributed by atoms with van der Waals surface area (Å²) >= 11 is 0. The summed E-state index contributed by atoms with van der Waals surface area (Å²) in [4.78, 5) is 33.4. The fourth-order valence-electron chi connectivity index (χ4n) is 4.68. The van der Waals surface area contributed by atoms with Gasteiger partial charge in [0.2, 0.25) is 0 Å². The molecule has 0 aliphatic carbocycles. The maximum absolute atomic E-state index is 13.1. The van der Waals surface area contributed by atoms with Gasteiger partial charge in [-0.3, -0.25) is 4.90 Å². The molecule has 29 heavy (non-hydrogen) atoms. The minimum Gasteiger partial charge on any atom is -0.444 e. The third-order valence-electron chi connectivity index (χ3n) is 6.53. The van der Waals surface area contributed by atoms with E-state index in [-0.39, 0.29) is 24.2 Å². The molecule has 0 aromatic heterocycles. The molecule has 0 spiro atoms. The number of likely N-dealkylation sites (N-methyl/N-ethyl adjacent to an activating group) is 2. The zero-order valence-electron chi connectivity index (χ0n) is 18.8. The molecule has 166 valence electrons. The van der Waals surface area contributed by atoms with E-state index in [0.717, 1.165) is 39.0 Å². The zero-order valence-corrected chi connectivity index (χ0v) is 18.8. The van der Waals surface area contributed by atoms with Crippen LogP contribution in [0.3, 0.4) is 0 Å². The van der Waals surface area contributed by atoms with Crippen molar-refractivity contribution in [2.24, 2.45) is 0 Å².